The van der Waals surface area contributed by atoms with E-state index in [2.05, 4.69) is 0 Å². The summed E-state index contributed by atoms with van der Waals surface area (Å²) in [5.74, 6) is 0.999. The molecule has 254 valence electrons. The normalized spacial score (nSPS) is 13.2. The van der Waals surface area contributed by atoms with Crippen LogP contribution in [0.2, 0.25) is 0 Å². The van der Waals surface area contributed by atoms with Crippen molar-refractivity contribution < 1.29 is 36.6 Å². The molecule has 0 aliphatic carbocycles. The predicted octanol–water partition coefficient (Wildman–Crippen LogP) is 4.43. The summed E-state index contributed by atoms with van der Waals surface area (Å²) in [7, 11) is 0. The second-order valence-electron chi connectivity index (χ2n) is 12.1. The lowest BCUT2D eigenvalue weighted by Gasteiger charge is -2.33. The smallest absolute Gasteiger partial charge is 0.417 e. The van der Waals surface area contributed by atoms with Gasteiger partial charge in [0.25, 0.3) is 5.56 Å². The molecule has 10 nitrogen and oxygen atoms in total. The standard InChI is InChI=1S/C32H42F3N3O7S/c1-30(2,37)19-26(36)31(3,4)29(41)44-12-11-43-14-16-46-15-13-42-10-9-38-20-25-21(18-27(38)39)17-23(28(40)45-25)22-7-5-6-8-24(22)32(33,34)35/h5-8,17-18,20,26H,9-16,19,36-37H2,1-4H3. The first-order valence-electron chi connectivity index (χ1n) is 14.8. The number of benzene rings is 1. The van der Waals surface area contributed by atoms with Crippen LogP contribution < -0.4 is 22.7 Å². The average molecular weight is 670 g/mol. The van der Waals surface area contributed by atoms with Gasteiger partial charge in [0.2, 0.25) is 0 Å². The van der Waals surface area contributed by atoms with Crippen LogP contribution in [0.3, 0.4) is 0 Å². The average Bonchev–Trinajstić information content (AvgIpc) is 2.96. The molecule has 0 aliphatic heterocycles. The van der Waals surface area contributed by atoms with Crippen LogP contribution in [0.25, 0.3) is 22.1 Å². The first-order chi connectivity index (χ1) is 21.5. The minimum absolute atomic E-state index is 0.0751. The summed E-state index contributed by atoms with van der Waals surface area (Å²) in [6.45, 7) is 8.89. The Kier molecular flexibility index (Phi) is 13.0. The quantitative estimate of drug-likeness (QED) is 0.156. The molecule has 2 aromatic heterocycles. The van der Waals surface area contributed by atoms with E-state index < -0.39 is 45.9 Å². The van der Waals surface area contributed by atoms with Crippen molar-refractivity contribution in [3.05, 3.63) is 68.9 Å². The van der Waals surface area contributed by atoms with E-state index in [-0.39, 0.29) is 48.5 Å². The summed E-state index contributed by atoms with van der Waals surface area (Å²) in [4.78, 5) is 37.7. The predicted molar refractivity (Wildman–Crippen MR) is 172 cm³/mol. The van der Waals surface area contributed by atoms with E-state index in [0.717, 1.165) is 6.07 Å². The number of nitrogens with two attached hydrogens (primary N) is 2. The fourth-order valence-electron chi connectivity index (χ4n) is 4.52. The minimum Gasteiger partial charge on any atom is -0.463 e. The Labute approximate surface area is 269 Å². The molecule has 0 saturated heterocycles. The van der Waals surface area contributed by atoms with Crippen LogP contribution in [0, 0.1) is 5.41 Å². The first-order valence-corrected chi connectivity index (χ1v) is 16.0. The Bertz CT molecular complexity index is 1580. The Hall–Kier alpha value is -3.17. The van der Waals surface area contributed by atoms with Crippen molar-refractivity contribution in [1.29, 1.82) is 0 Å². The number of esters is 1. The maximum Gasteiger partial charge on any atom is 0.417 e. The maximum absolute atomic E-state index is 13.5. The summed E-state index contributed by atoms with van der Waals surface area (Å²) >= 11 is 1.61. The number of aromatic nitrogens is 1. The fraction of sp³-hybridized carbons (Fsp3) is 0.531. The summed E-state index contributed by atoms with van der Waals surface area (Å²) in [5.41, 5.74) is 8.00. The molecule has 1 unspecified atom stereocenters. The van der Waals surface area contributed by atoms with Crippen LogP contribution >= 0.6 is 11.8 Å². The second kappa shape index (κ2) is 16.1. The molecule has 0 amide bonds. The lowest BCUT2D eigenvalue weighted by molar-refractivity contribution is -0.156. The van der Waals surface area contributed by atoms with Gasteiger partial charge in [0.05, 0.1) is 49.2 Å². The maximum atomic E-state index is 13.5. The van der Waals surface area contributed by atoms with Crippen molar-refractivity contribution in [3.63, 3.8) is 0 Å². The highest BCUT2D eigenvalue weighted by Crippen LogP contribution is 2.36. The number of carbonyl (C=O) groups is 1. The van der Waals surface area contributed by atoms with Gasteiger partial charge in [-0.05, 0) is 46.2 Å². The van der Waals surface area contributed by atoms with Gasteiger partial charge in [-0.25, -0.2) is 4.79 Å². The molecule has 1 atom stereocenters. The van der Waals surface area contributed by atoms with Crippen molar-refractivity contribution >= 4 is 28.7 Å². The lowest BCUT2D eigenvalue weighted by atomic mass is 9.79. The van der Waals surface area contributed by atoms with Crippen LogP contribution in [0.4, 0.5) is 13.2 Å². The summed E-state index contributed by atoms with van der Waals surface area (Å²) < 4.78 is 63.5. The van der Waals surface area contributed by atoms with Crippen molar-refractivity contribution in [2.45, 2.75) is 58.4 Å². The van der Waals surface area contributed by atoms with Gasteiger partial charge in [0.15, 0.2) is 5.58 Å². The molecule has 4 N–H and O–H groups in total. The number of hydrogen-bond donors (Lipinski definition) is 2. The zero-order chi connectivity index (χ0) is 34.1. The Morgan fingerprint density at radius 1 is 0.957 bits per heavy atom. The van der Waals surface area contributed by atoms with Crippen LogP contribution in [0.5, 0.6) is 0 Å². The number of rotatable bonds is 17. The zero-order valence-corrected chi connectivity index (χ0v) is 27.3. The molecule has 0 bridgehead atoms. The summed E-state index contributed by atoms with van der Waals surface area (Å²) in [6, 6.07) is 6.72. The lowest BCUT2D eigenvalue weighted by Crippen LogP contribution is -2.50. The highest BCUT2D eigenvalue weighted by atomic mass is 32.2. The molecular weight excluding hydrogens is 627 g/mol. The van der Waals surface area contributed by atoms with Crippen LogP contribution in [-0.2, 0) is 31.7 Å². The van der Waals surface area contributed by atoms with E-state index in [1.54, 1.807) is 25.6 Å². The third kappa shape index (κ3) is 10.7. The third-order valence-electron chi connectivity index (χ3n) is 7.25. The number of fused-ring (bicyclic) bond motifs is 1. The van der Waals surface area contributed by atoms with E-state index in [1.165, 1.54) is 41.1 Å². The van der Waals surface area contributed by atoms with Gasteiger partial charge in [-0.3, -0.25) is 9.59 Å². The van der Waals surface area contributed by atoms with Crippen LogP contribution in [0.15, 0.2) is 56.6 Å². The van der Waals surface area contributed by atoms with Gasteiger partial charge in [-0.15, -0.1) is 0 Å². The van der Waals surface area contributed by atoms with Crippen molar-refractivity contribution in [1.82, 2.24) is 4.57 Å². The van der Waals surface area contributed by atoms with Crippen molar-refractivity contribution in [3.8, 4) is 11.1 Å². The second-order valence-corrected chi connectivity index (χ2v) is 13.3. The van der Waals surface area contributed by atoms with Gasteiger partial charge >= 0.3 is 17.8 Å². The Balaban J connectivity index is 1.36. The van der Waals surface area contributed by atoms with Gasteiger partial charge in [-0.2, -0.15) is 24.9 Å². The van der Waals surface area contributed by atoms with Crippen LogP contribution in [-0.4, -0.2) is 66.7 Å². The highest BCUT2D eigenvalue weighted by Gasteiger charge is 2.38. The number of alkyl halides is 3. The first kappa shape index (κ1) is 37.3. The van der Waals surface area contributed by atoms with Crippen LogP contribution in [0.1, 0.15) is 39.7 Å². The molecule has 1 aromatic carbocycles. The SMILES string of the molecule is CC(C)(N)CC(N)C(C)(C)C(=O)OCCOCCSCCOCCn1cc2oc(=O)c(-c3ccccc3C(F)(F)F)cc2cc1=O. The molecule has 0 saturated carbocycles. The fourth-order valence-corrected chi connectivity index (χ4v) is 5.19. The molecule has 0 fully saturated rings. The molecule has 0 radical (unpaired) electrons. The number of thioether (sulfide) groups is 1. The summed E-state index contributed by atoms with van der Waals surface area (Å²) in [6.07, 6.45) is -2.84. The van der Waals surface area contributed by atoms with E-state index >= 15 is 0 Å². The number of halogens is 3. The van der Waals surface area contributed by atoms with Crippen molar-refractivity contribution in [2.75, 3.05) is 44.5 Å². The molecule has 3 aromatic rings. The molecule has 2 heterocycles. The van der Waals surface area contributed by atoms with Crippen molar-refractivity contribution in [2.24, 2.45) is 16.9 Å². The van der Waals surface area contributed by atoms with Gasteiger partial charge in [-0.1, -0.05) is 18.2 Å². The molecular formula is C32H42F3N3O7S. The molecule has 0 spiro atoms. The molecule has 0 aliphatic rings. The van der Waals surface area contributed by atoms with E-state index in [1.807, 2.05) is 13.8 Å². The van der Waals surface area contributed by atoms with E-state index in [4.69, 9.17) is 30.1 Å². The number of nitrogens with zero attached hydrogens (tertiary/aromatic N) is 1. The molecule has 14 heteroatoms. The summed E-state index contributed by atoms with van der Waals surface area (Å²) in [5, 5.41) is 0.213. The van der Waals surface area contributed by atoms with Gasteiger partial charge in [0, 0.05) is 46.6 Å². The molecule has 3 rings (SSSR count). The Morgan fingerprint density at radius 2 is 1.61 bits per heavy atom. The van der Waals surface area contributed by atoms with Gasteiger partial charge in [0.1, 0.15) is 6.61 Å². The number of hydrogen-bond acceptors (Lipinski definition) is 10. The largest absolute Gasteiger partial charge is 0.463 e. The van der Waals surface area contributed by atoms with Gasteiger partial charge < -0.3 is 34.7 Å². The topological polar surface area (TPSA) is 149 Å². The Morgan fingerprint density at radius 3 is 2.26 bits per heavy atom. The number of pyridine rings is 1. The van der Waals surface area contributed by atoms with E-state index in [9.17, 15) is 27.6 Å². The monoisotopic (exact) mass is 669 g/mol. The van der Waals surface area contributed by atoms with E-state index in [0.29, 0.717) is 31.1 Å². The minimum atomic E-state index is -4.66. The zero-order valence-electron chi connectivity index (χ0n) is 26.5. The number of ether oxygens (including phenoxy) is 3. The third-order valence-corrected chi connectivity index (χ3v) is 8.16. The number of carbonyl (C=O) groups excluding carboxylic acids is 1. The molecule has 46 heavy (non-hydrogen) atoms. The highest BCUT2D eigenvalue weighted by molar-refractivity contribution is 7.99.